The second-order valence-corrected chi connectivity index (χ2v) is 13.6. The molecule has 1 aliphatic heterocycles. The van der Waals surface area contributed by atoms with Crippen molar-refractivity contribution in [3.63, 3.8) is 0 Å². The maximum atomic E-state index is 12.4. The molecule has 2 aliphatic carbocycles. The molecule has 2 aromatic heterocycles. The van der Waals surface area contributed by atoms with E-state index < -0.39 is 7.14 Å². The number of pyridine rings is 1. The van der Waals surface area contributed by atoms with Crippen LogP contribution in [0.4, 0.5) is 23.3 Å². The average molecular weight is 486 g/mol. The Morgan fingerprint density at radius 3 is 2.80 bits per heavy atom. The number of nitrogens with one attached hydrogen (secondary N) is 2. The van der Waals surface area contributed by atoms with E-state index in [1.165, 1.54) is 23.7 Å². The standard InChI is InChI=1S/C26H28N7OP/c1-33-13-17-9-19(8-16-7-15-10-20(15)21(14-33)24(16)17)29-26-28-12-18(11-27)25(32-26)31-22-5-4-6-23(30-22)35(2,3)34/h4-6,8-9,12,15,20-21H,7,10,13-14H2,1-3H3,(H2,28,29,30,31,32). The van der Waals surface area contributed by atoms with E-state index in [0.29, 0.717) is 34.5 Å². The molecule has 0 saturated heterocycles. The fraction of sp³-hybridized carbons (Fsp3) is 0.385. The first-order valence-corrected chi connectivity index (χ1v) is 14.6. The molecule has 8 nitrogen and oxygen atoms in total. The topological polar surface area (TPSA) is 107 Å². The van der Waals surface area contributed by atoms with Gasteiger partial charge in [0.1, 0.15) is 30.0 Å². The van der Waals surface area contributed by atoms with Gasteiger partial charge in [-0.05, 0) is 86.0 Å². The maximum Gasteiger partial charge on any atom is 0.229 e. The molecule has 0 radical (unpaired) electrons. The Bertz CT molecular complexity index is 1430. The number of fused-ring (bicyclic) bond motifs is 2. The van der Waals surface area contributed by atoms with E-state index in [4.69, 9.17) is 0 Å². The Morgan fingerprint density at radius 1 is 1.17 bits per heavy atom. The van der Waals surface area contributed by atoms with E-state index in [9.17, 15) is 9.83 Å². The lowest BCUT2D eigenvalue weighted by Crippen LogP contribution is -2.34. The van der Waals surface area contributed by atoms with E-state index in [1.807, 2.05) is 0 Å². The second-order valence-electron chi connectivity index (χ2n) is 10.4. The van der Waals surface area contributed by atoms with Crippen molar-refractivity contribution in [2.24, 2.45) is 11.8 Å². The van der Waals surface area contributed by atoms with Crippen molar-refractivity contribution in [3.05, 3.63) is 58.8 Å². The summed E-state index contributed by atoms with van der Waals surface area (Å²) in [7, 11) is -0.308. The minimum Gasteiger partial charge on any atom is -0.324 e. The number of nitriles is 1. The number of aromatic nitrogens is 3. The highest BCUT2D eigenvalue weighted by atomic mass is 31.2. The molecule has 3 aromatic rings. The van der Waals surface area contributed by atoms with Crippen molar-refractivity contribution in [1.29, 1.82) is 5.26 Å². The highest BCUT2D eigenvalue weighted by molar-refractivity contribution is 7.69. The SMILES string of the molecule is CN1Cc2cc(Nc3ncc(C#N)c(Nc4cccc(P(C)(C)=O)n4)n3)cc3c2C(C1)C1CC1C3. The molecule has 3 atom stereocenters. The largest absolute Gasteiger partial charge is 0.324 e. The van der Waals surface area contributed by atoms with Gasteiger partial charge in [-0.1, -0.05) is 6.07 Å². The summed E-state index contributed by atoms with van der Waals surface area (Å²) in [5, 5.41) is 16.1. The number of nitrogens with zero attached hydrogens (tertiary/aromatic N) is 5. The van der Waals surface area contributed by atoms with E-state index in [1.54, 1.807) is 37.1 Å². The lowest BCUT2D eigenvalue weighted by atomic mass is 9.77. The van der Waals surface area contributed by atoms with Crippen LogP contribution in [0.1, 0.15) is 34.6 Å². The fourth-order valence-electron chi connectivity index (χ4n) is 5.70. The minimum atomic E-state index is -2.51. The average Bonchev–Trinajstić information content (AvgIpc) is 3.58. The number of anilines is 4. The molecule has 3 unspecified atom stereocenters. The number of likely N-dealkylation sites (N-methyl/N-ethyl adjacent to an activating group) is 1. The van der Waals surface area contributed by atoms with Gasteiger partial charge in [-0.15, -0.1) is 0 Å². The summed E-state index contributed by atoms with van der Waals surface area (Å²) < 4.78 is 12.4. The van der Waals surface area contributed by atoms with Crippen LogP contribution in [0, 0.1) is 23.2 Å². The maximum absolute atomic E-state index is 12.4. The Morgan fingerprint density at radius 2 is 2.00 bits per heavy atom. The van der Waals surface area contributed by atoms with Gasteiger partial charge in [0.25, 0.3) is 0 Å². The third-order valence-corrected chi connectivity index (χ3v) is 8.70. The van der Waals surface area contributed by atoms with E-state index >= 15 is 0 Å². The van der Waals surface area contributed by atoms with E-state index in [-0.39, 0.29) is 0 Å². The number of hydrogen-bond donors (Lipinski definition) is 2. The highest BCUT2D eigenvalue weighted by Crippen LogP contribution is 2.57. The summed E-state index contributed by atoms with van der Waals surface area (Å²) in [4.78, 5) is 15.9. The van der Waals surface area contributed by atoms with Gasteiger partial charge in [-0.25, -0.2) is 9.97 Å². The van der Waals surface area contributed by atoms with Gasteiger partial charge in [-0.2, -0.15) is 10.2 Å². The zero-order chi connectivity index (χ0) is 24.3. The predicted octanol–water partition coefficient (Wildman–Crippen LogP) is 4.20. The van der Waals surface area contributed by atoms with Gasteiger partial charge in [0.2, 0.25) is 5.95 Å². The molecule has 6 rings (SSSR count). The zero-order valence-corrected chi connectivity index (χ0v) is 21.0. The first-order chi connectivity index (χ1) is 16.8. The second kappa shape index (κ2) is 8.15. The van der Waals surface area contributed by atoms with Crippen molar-refractivity contribution in [3.8, 4) is 6.07 Å². The third kappa shape index (κ3) is 4.20. The van der Waals surface area contributed by atoms with Crippen LogP contribution in [0.15, 0.2) is 36.5 Å². The number of rotatable bonds is 5. The van der Waals surface area contributed by atoms with Crippen LogP contribution in [0.5, 0.6) is 0 Å². The molecular weight excluding hydrogens is 457 g/mol. The number of benzene rings is 1. The molecule has 3 heterocycles. The molecule has 3 aliphatic rings. The van der Waals surface area contributed by atoms with Gasteiger partial charge in [-0.3, -0.25) is 0 Å². The summed E-state index contributed by atoms with van der Waals surface area (Å²) in [6.07, 6.45) is 4.02. The van der Waals surface area contributed by atoms with Crippen molar-refractivity contribution < 1.29 is 4.57 Å². The summed E-state index contributed by atoms with van der Waals surface area (Å²) in [5.74, 6) is 3.61. The fourth-order valence-corrected chi connectivity index (χ4v) is 6.50. The Balaban J connectivity index is 1.30. The summed E-state index contributed by atoms with van der Waals surface area (Å²) in [6, 6.07) is 11.9. The molecule has 1 aromatic carbocycles. The third-order valence-electron chi connectivity index (χ3n) is 7.34. The number of hydrogen-bond acceptors (Lipinski definition) is 8. The molecule has 9 heteroatoms. The van der Waals surface area contributed by atoms with Gasteiger partial charge in [0.05, 0.1) is 6.20 Å². The Labute approximate surface area is 205 Å². The first-order valence-electron chi connectivity index (χ1n) is 12.0. The monoisotopic (exact) mass is 485 g/mol. The summed E-state index contributed by atoms with van der Waals surface area (Å²) >= 11 is 0. The van der Waals surface area contributed by atoms with E-state index in [2.05, 4.69) is 55.7 Å². The lowest BCUT2D eigenvalue weighted by Gasteiger charge is -2.37. The quantitative estimate of drug-likeness (QED) is 0.518. The van der Waals surface area contributed by atoms with Gasteiger partial charge >= 0.3 is 0 Å². The minimum absolute atomic E-state index is 0.309. The molecule has 178 valence electrons. The Kier molecular flexibility index (Phi) is 5.17. The smallest absolute Gasteiger partial charge is 0.229 e. The van der Waals surface area contributed by atoms with Crippen LogP contribution >= 0.6 is 7.14 Å². The molecule has 0 spiro atoms. The van der Waals surface area contributed by atoms with Crippen molar-refractivity contribution in [2.45, 2.75) is 25.3 Å². The normalized spacial score (nSPS) is 22.5. The molecule has 1 fully saturated rings. The Hall–Kier alpha value is -3.27. The molecule has 0 amide bonds. The molecule has 1 saturated carbocycles. The van der Waals surface area contributed by atoms with Crippen molar-refractivity contribution in [2.75, 3.05) is 37.6 Å². The molecule has 2 N–H and O–H groups in total. The van der Waals surface area contributed by atoms with Crippen LogP contribution in [-0.2, 0) is 17.5 Å². The van der Waals surface area contributed by atoms with Crippen LogP contribution in [0.2, 0.25) is 0 Å². The van der Waals surface area contributed by atoms with Crippen LogP contribution in [0.3, 0.4) is 0 Å². The van der Waals surface area contributed by atoms with Crippen LogP contribution < -0.4 is 16.1 Å². The van der Waals surface area contributed by atoms with Gasteiger partial charge < -0.3 is 20.1 Å². The predicted molar refractivity (Wildman–Crippen MR) is 137 cm³/mol. The van der Waals surface area contributed by atoms with Crippen LogP contribution in [0.25, 0.3) is 0 Å². The zero-order valence-electron chi connectivity index (χ0n) is 20.1. The first kappa shape index (κ1) is 22.2. The summed E-state index contributed by atoms with van der Waals surface area (Å²) in [5.41, 5.74) is 6.23. The van der Waals surface area contributed by atoms with E-state index in [0.717, 1.165) is 37.0 Å². The van der Waals surface area contributed by atoms with Crippen molar-refractivity contribution in [1.82, 2.24) is 19.9 Å². The molecule has 35 heavy (non-hydrogen) atoms. The lowest BCUT2D eigenvalue weighted by molar-refractivity contribution is 0.258. The van der Waals surface area contributed by atoms with Gasteiger partial charge in [0, 0.05) is 24.7 Å². The van der Waals surface area contributed by atoms with Gasteiger partial charge in [0.15, 0.2) is 5.82 Å². The molecule has 0 bridgehead atoms. The van der Waals surface area contributed by atoms with Crippen molar-refractivity contribution >= 4 is 35.8 Å². The molecular formula is C26H28N7OP. The summed E-state index contributed by atoms with van der Waals surface area (Å²) in [6.45, 7) is 5.47. The van der Waals surface area contributed by atoms with Crippen LogP contribution in [-0.4, -0.2) is 46.8 Å². The highest BCUT2D eigenvalue weighted by Gasteiger charge is 2.49.